The summed E-state index contributed by atoms with van der Waals surface area (Å²) in [5.74, 6) is 1.31. The second-order valence-electron chi connectivity index (χ2n) is 9.68. The largest absolute Gasteiger partial charge is 0.454 e. The fraction of sp³-hybridized carbons (Fsp3) is 0.310. The number of hydrogen-bond donors (Lipinski definition) is 0. The minimum atomic E-state index is -0.246. The Morgan fingerprint density at radius 1 is 0.833 bits per heavy atom. The fourth-order valence-electron chi connectivity index (χ4n) is 5.39. The summed E-state index contributed by atoms with van der Waals surface area (Å²) < 4.78 is 10.8. The molecular formula is C29H29N3O4. The van der Waals surface area contributed by atoms with E-state index >= 15 is 0 Å². The molecular weight excluding hydrogens is 454 g/mol. The summed E-state index contributed by atoms with van der Waals surface area (Å²) in [6, 6.07) is 21.7. The molecule has 0 bridgehead atoms. The lowest BCUT2D eigenvalue weighted by molar-refractivity contribution is 0.0642. The number of hydrogen-bond acceptors (Lipinski definition) is 6. The van der Waals surface area contributed by atoms with Gasteiger partial charge in [0.05, 0.1) is 23.4 Å². The van der Waals surface area contributed by atoms with Crippen LogP contribution in [0.25, 0.3) is 0 Å². The number of anilines is 1. The molecule has 3 aliphatic rings. The van der Waals surface area contributed by atoms with Gasteiger partial charge >= 0.3 is 0 Å². The Kier molecular flexibility index (Phi) is 5.85. The molecule has 6 rings (SSSR count). The lowest BCUT2D eigenvalue weighted by Crippen LogP contribution is -2.47. The van der Waals surface area contributed by atoms with Crippen LogP contribution in [0.5, 0.6) is 11.5 Å². The van der Waals surface area contributed by atoms with Crippen LogP contribution >= 0.6 is 0 Å². The van der Waals surface area contributed by atoms with E-state index in [0.29, 0.717) is 28.5 Å². The van der Waals surface area contributed by atoms with Crippen LogP contribution in [0.15, 0.2) is 66.7 Å². The summed E-state index contributed by atoms with van der Waals surface area (Å²) in [4.78, 5) is 32.8. The highest BCUT2D eigenvalue weighted by Crippen LogP contribution is 2.36. The first-order valence-corrected chi connectivity index (χ1v) is 12.5. The molecule has 1 fully saturated rings. The zero-order valence-electron chi connectivity index (χ0n) is 20.4. The van der Waals surface area contributed by atoms with Crippen molar-refractivity contribution in [2.75, 3.05) is 44.4 Å². The van der Waals surface area contributed by atoms with Crippen molar-refractivity contribution in [2.45, 2.75) is 19.4 Å². The number of rotatable bonds is 6. The van der Waals surface area contributed by atoms with Crippen molar-refractivity contribution in [1.82, 2.24) is 9.80 Å². The van der Waals surface area contributed by atoms with Crippen LogP contribution in [0, 0.1) is 0 Å². The van der Waals surface area contributed by atoms with Gasteiger partial charge in [-0.3, -0.25) is 19.4 Å². The second-order valence-corrected chi connectivity index (χ2v) is 9.68. The lowest BCUT2D eigenvalue weighted by atomic mass is 10.0. The van der Waals surface area contributed by atoms with Gasteiger partial charge in [0.25, 0.3) is 11.8 Å². The molecule has 3 aliphatic heterocycles. The number of fused-ring (bicyclic) bond motifs is 2. The van der Waals surface area contributed by atoms with Gasteiger partial charge in [-0.2, -0.15) is 0 Å². The van der Waals surface area contributed by atoms with E-state index in [9.17, 15) is 9.59 Å². The van der Waals surface area contributed by atoms with Gasteiger partial charge in [-0.05, 0) is 41.3 Å². The minimum absolute atomic E-state index is 0.188. The Hall–Kier alpha value is -3.84. The van der Waals surface area contributed by atoms with Crippen LogP contribution in [-0.2, 0) is 6.54 Å². The first-order chi connectivity index (χ1) is 17.6. The highest BCUT2D eigenvalue weighted by molar-refractivity contribution is 6.23. The molecule has 0 aromatic heterocycles. The quantitative estimate of drug-likeness (QED) is 0.491. The maximum Gasteiger partial charge on any atom is 0.263 e. The Morgan fingerprint density at radius 2 is 1.61 bits per heavy atom. The molecule has 7 heteroatoms. The summed E-state index contributed by atoms with van der Waals surface area (Å²) >= 11 is 0. The van der Waals surface area contributed by atoms with Crippen LogP contribution in [0.3, 0.4) is 0 Å². The number of carbonyl (C=O) groups is 2. The predicted octanol–water partition coefficient (Wildman–Crippen LogP) is 4.14. The summed E-state index contributed by atoms with van der Waals surface area (Å²) in [5, 5.41) is 0. The third-order valence-corrected chi connectivity index (χ3v) is 7.37. The summed E-state index contributed by atoms with van der Waals surface area (Å²) in [7, 11) is 0. The van der Waals surface area contributed by atoms with E-state index in [1.54, 1.807) is 6.07 Å². The van der Waals surface area contributed by atoms with E-state index in [1.165, 1.54) is 10.5 Å². The number of imide groups is 1. The van der Waals surface area contributed by atoms with Crippen molar-refractivity contribution in [2.24, 2.45) is 0 Å². The van der Waals surface area contributed by atoms with E-state index < -0.39 is 0 Å². The van der Waals surface area contributed by atoms with Crippen molar-refractivity contribution in [3.63, 3.8) is 0 Å². The number of carbonyl (C=O) groups excluding carboxylic acids is 2. The maximum atomic E-state index is 13.5. The SMILES string of the molecule is C[C@H](CN1CCN(c2cccc3c2C(=O)N(Cc2ccc4c(c2)OCO4)C3=O)CC1)c1ccccc1. The lowest BCUT2D eigenvalue weighted by Gasteiger charge is -2.37. The van der Waals surface area contributed by atoms with Gasteiger partial charge < -0.3 is 14.4 Å². The van der Waals surface area contributed by atoms with Crippen LogP contribution in [0.1, 0.15) is 44.7 Å². The van der Waals surface area contributed by atoms with Crippen LogP contribution in [0.4, 0.5) is 5.69 Å². The fourth-order valence-corrected chi connectivity index (χ4v) is 5.39. The third kappa shape index (κ3) is 4.09. The molecule has 1 atom stereocenters. The van der Waals surface area contributed by atoms with Crippen molar-refractivity contribution in [1.29, 1.82) is 0 Å². The predicted molar refractivity (Wildman–Crippen MR) is 137 cm³/mol. The molecule has 3 aromatic carbocycles. The monoisotopic (exact) mass is 483 g/mol. The first-order valence-electron chi connectivity index (χ1n) is 12.5. The minimum Gasteiger partial charge on any atom is -0.454 e. The Labute approximate surface area is 210 Å². The van der Waals surface area contributed by atoms with Gasteiger partial charge in [0, 0.05) is 32.7 Å². The van der Waals surface area contributed by atoms with Gasteiger partial charge in [0.2, 0.25) is 6.79 Å². The van der Waals surface area contributed by atoms with E-state index in [-0.39, 0.29) is 25.2 Å². The van der Waals surface area contributed by atoms with Crippen LogP contribution < -0.4 is 14.4 Å². The molecule has 7 nitrogen and oxygen atoms in total. The highest BCUT2D eigenvalue weighted by Gasteiger charge is 2.39. The third-order valence-electron chi connectivity index (χ3n) is 7.37. The van der Waals surface area contributed by atoms with E-state index in [0.717, 1.165) is 44.0 Å². The Morgan fingerprint density at radius 3 is 2.42 bits per heavy atom. The summed E-state index contributed by atoms with van der Waals surface area (Å²) in [5.41, 5.74) is 4.05. The van der Waals surface area contributed by atoms with E-state index in [2.05, 4.69) is 47.1 Å². The van der Waals surface area contributed by atoms with Gasteiger partial charge in [-0.1, -0.05) is 49.4 Å². The standard InChI is InChI=1S/C29H29N3O4/c1-20(22-6-3-2-4-7-22)17-30-12-14-31(15-13-30)24-9-5-8-23-27(24)29(34)32(28(23)33)18-21-10-11-25-26(16-21)36-19-35-25/h2-11,16,20H,12-15,17-19H2,1H3/t20-/m1/s1. The molecule has 3 aromatic rings. The molecule has 3 heterocycles. The zero-order valence-corrected chi connectivity index (χ0v) is 20.4. The molecule has 0 N–H and O–H groups in total. The maximum absolute atomic E-state index is 13.5. The van der Waals surface area contributed by atoms with Crippen molar-refractivity contribution in [3.8, 4) is 11.5 Å². The molecule has 2 amide bonds. The van der Waals surface area contributed by atoms with Gasteiger partial charge in [-0.25, -0.2) is 0 Å². The van der Waals surface area contributed by atoms with Gasteiger partial charge in [0.15, 0.2) is 11.5 Å². The molecule has 36 heavy (non-hydrogen) atoms. The average Bonchev–Trinajstić information content (AvgIpc) is 3.48. The van der Waals surface area contributed by atoms with E-state index in [4.69, 9.17) is 9.47 Å². The summed E-state index contributed by atoms with van der Waals surface area (Å²) in [6.45, 7) is 7.15. The topological polar surface area (TPSA) is 62.3 Å². The van der Waals surface area contributed by atoms with Crippen molar-refractivity contribution >= 4 is 17.5 Å². The van der Waals surface area contributed by atoms with Gasteiger partial charge in [0.1, 0.15) is 0 Å². The Balaban J connectivity index is 1.15. The normalized spacial score (nSPS) is 18.0. The van der Waals surface area contributed by atoms with E-state index in [1.807, 2.05) is 30.3 Å². The number of amides is 2. The molecule has 0 aliphatic carbocycles. The van der Waals surface area contributed by atoms with Crippen molar-refractivity contribution in [3.05, 3.63) is 89.0 Å². The second kappa shape index (κ2) is 9.32. The van der Waals surface area contributed by atoms with Crippen molar-refractivity contribution < 1.29 is 19.1 Å². The number of ether oxygens (including phenoxy) is 2. The first kappa shape index (κ1) is 22.6. The number of piperazine rings is 1. The summed E-state index contributed by atoms with van der Waals surface area (Å²) in [6.07, 6.45) is 0. The van der Waals surface area contributed by atoms with Crippen LogP contribution in [-0.4, -0.2) is 61.1 Å². The molecule has 0 spiro atoms. The number of nitrogens with zero attached hydrogens (tertiary/aromatic N) is 3. The number of benzene rings is 3. The van der Waals surface area contributed by atoms with Gasteiger partial charge in [-0.15, -0.1) is 0 Å². The average molecular weight is 484 g/mol. The Bertz CT molecular complexity index is 1300. The molecule has 0 unspecified atom stereocenters. The van der Waals surface area contributed by atoms with Crippen LogP contribution in [0.2, 0.25) is 0 Å². The molecule has 1 saturated heterocycles. The molecule has 184 valence electrons. The smallest absolute Gasteiger partial charge is 0.263 e. The highest BCUT2D eigenvalue weighted by atomic mass is 16.7. The zero-order chi connectivity index (χ0) is 24.6. The molecule has 0 saturated carbocycles. The molecule has 0 radical (unpaired) electrons.